The largest absolute Gasteiger partial charge is 0.364 e. The van der Waals surface area contributed by atoms with Crippen molar-refractivity contribution in [3.8, 4) is 11.3 Å². The average Bonchev–Trinajstić information content (AvgIpc) is 2.83. The monoisotopic (exact) mass is 237 g/mol. The second-order valence-electron chi connectivity index (χ2n) is 4.01. The molecule has 4 nitrogen and oxygen atoms in total. The zero-order chi connectivity index (χ0) is 12.5. The molecule has 0 aliphatic carbocycles. The number of hydrogen-bond donors (Lipinski definition) is 1. The van der Waals surface area contributed by atoms with Gasteiger partial charge in [-0.15, -0.1) is 0 Å². The molecule has 0 bridgehead atoms. The fourth-order valence-corrected chi connectivity index (χ4v) is 1.95. The Morgan fingerprint density at radius 2 is 1.83 bits per heavy atom. The molecule has 1 amide bonds. The van der Waals surface area contributed by atoms with E-state index >= 15 is 0 Å². The van der Waals surface area contributed by atoms with Crippen LogP contribution in [0.2, 0.25) is 0 Å². The maximum absolute atomic E-state index is 11.3. The fourth-order valence-electron chi connectivity index (χ4n) is 1.95. The molecular formula is C14H11N3O. The first kappa shape index (κ1) is 10.5. The molecule has 0 atom stereocenters. The molecule has 0 saturated carbocycles. The van der Waals surface area contributed by atoms with Crippen molar-refractivity contribution >= 4 is 11.4 Å². The van der Waals surface area contributed by atoms with Gasteiger partial charge in [0.15, 0.2) is 0 Å². The van der Waals surface area contributed by atoms with E-state index < -0.39 is 5.91 Å². The molecule has 3 rings (SSSR count). The van der Waals surface area contributed by atoms with Crippen LogP contribution in [0.1, 0.15) is 10.5 Å². The lowest BCUT2D eigenvalue weighted by atomic mass is 10.1. The van der Waals surface area contributed by atoms with Gasteiger partial charge in [-0.05, 0) is 18.2 Å². The minimum atomic E-state index is -0.483. The summed E-state index contributed by atoms with van der Waals surface area (Å²) in [6, 6.07) is 17.1. The molecule has 88 valence electrons. The smallest absolute Gasteiger partial charge is 0.267 e. The number of nitrogens with two attached hydrogens (primary N) is 1. The van der Waals surface area contributed by atoms with E-state index in [1.165, 1.54) is 0 Å². The number of pyridine rings is 1. The SMILES string of the molecule is NC(=O)c1cccc2cc(-c3ccccc3)nn12. The summed E-state index contributed by atoms with van der Waals surface area (Å²) in [6.07, 6.45) is 0. The lowest BCUT2D eigenvalue weighted by Crippen LogP contribution is -2.15. The molecule has 2 N–H and O–H groups in total. The van der Waals surface area contributed by atoms with Crippen molar-refractivity contribution in [1.29, 1.82) is 0 Å². The third-order valence-corrected chi connectivity index (χ3v) is 2.81. The van der Waals surface area contributed by atoms with Crippen molar-refractivity contribution in [3.05, 3.63) is 60.3 Å². The van der Waals surface area contributed by atoms with Gasteiger partial charge in [-0.3, -0.25) is 4.79 Å². The summed E-state index contributed by atoms with van der Waals surface area (Å²) in [5.41, 5.74) is 8.40. The van der Waals surface area contributed by atoms with Crippen LogP contribution < -0.4 is 5.73 Å². The quantitative estimate of drug-likeness (QED) is 0.742. The minimum Gasteiger partial charge on any atom is -0.364 e. The van der Waals surface area contributed by atoms with Gasteiger partial charge in [0, 0.05) is 5.56 Å². The summed E-state index contributed by atoms with van der Waals surface area (Å²) in [7, 11) is 0. The molecule has 0 aliphatic rings. The number of amides is 1. The van der Waals surface area contributed by atoms with Crippen LogP contribution in [0.5, 0.6) is 0 Å². The van der Waals surface area contributed by atoms with Crippen molar-refractivity contribution < 1.29 is 4.79 Å². The predicted octanol–water partition coefficient (Wildman–Crippen LogP) is 2.10. The number of carbonyl (C=O) groups is 1. The molecule has 0 spiro atoms. The Bertz CT molecular complexity index is 716. The van der Waals surface area contributed by atoms with Crippen LogP contribution in [0, 0.1) is 0 Å². The number of aromatic nitrogens is 2. The second-order valence-corrected chi connectivity index (χ2v) is 4.01. The summed E-state index contributed by atoms with van der Waals surface area (Å²) in [5.74, 6) is -0.483. The van der Waals surface area contributed by atoms with Crippen molar-refractivity contribution in [3.63, 3.8) is 0 Å². The van der Waals surface area contributed by atoms with Crippen molar-refractivity contribution in [1.82, 2.24) is 9.61 Å². The first-order chi connectivity index (χ1) is 8.75. The van der Waals surface area contributed by atoms with E-state index in [1.54, 1.807) is 16.6 Å². The van der Waals surface area contributed by atoms with Crippen LogP contribution in [0.25, 0.3) is 16.8 Å². The van der Waals surface area contributed by atoms with Gasteiger partial charge in [-0.1, -0.05) is 36.4 Å². The van der Waals surface area contributed by atoms with E-state index in [0.29, 0.717) is 5.69 Å². The molecule has 3 aromatic rings. The highest BCUT2D eigenvalue weighted by Gasteiger charge is 2.09. The molecule has 0 unspecified atom stereocenters. The Morgan fingerprint density at radius 3 is 2.56 bits per heavy atom. The molecule has 0 aliphatic heterocycles. The third kappa shape index (κ3) is 1.64. The molecule has 2 heterocycles. The van der Waals surface area contributed by atoms with Gasteiger partial charge in [0.05, 0.1) is 11.2 Å². The number of carbonyl (C=O) groups excluding carboxylic acids is 1. The zero-order valence-electron chi connectivity index (χ0n) is 9.58. The summed E-state index contributed by atoms with van der Waals surface area (Å²) >= 11 is 0. The number of fused-ring (bicyclic) bond motifs is 1. The Balaban J connectivity index is 2.23. The maximum atomic E-state index is 11.3. The standard InChI is InChI=1S/C14H11N3O/c15-14(18)13-8-4-7-11-9-12(16-17(11)13)10-5-2-1-3-6-10/h1-9H,(H2,15,18). The summed E-state index contributed by atoms with van der Waals surface area (Å²) < 4.78 is 1.57. The third-order valence-electron chi connectivity index (χ3n) is 2.81. The van der Waals surface area contributed by atoms with E-state index in [0.717, 1.165) is 16.8 Å². The van der Waals surface area contributed by atoms with E-state index in [9.17, 15) is 4.79 Å². The summed E-state index contributed by atoms with van der Waals surface area (Å²) in [5, 5.41) is 4.42. The lowest BCUT2D eigenvalue weighted by Gasteiger charge is -1.99. The number of benzene rings is 1. The molecule has 1 aromatic carbocycles. The maximum Gasteiger partial charge on any atom is 0.267 e. The van der Waals surface area contributed by atoms with Crippen LogP contribution >= 0.6 is 0 Å². The Kier molecular flexibility index (Phi) is 2.34. The van der Waals surface area contributed by atoms with Crippen molar-refractivity contribution in [2.24, 2.45) is 5.73 Å². The predicted molar refractivity (Wildman–Crippen MR) is 69.1 cm³/mol. The van der Waals surface area contributed by atoms with Gasteiger partial charge in [0.1, 0.15) is 5.69 Å². The lowest BCUT2D eigenvalue weighted by molar-refractivity contribution is 0.0993. The molecule has 2 aromatic heterocycles. The van der Waals surface area contributed by atoms with E-state index in [1.807, 2.05) is 42.5 Å². The van der Waals surface area contributed by atoms with E-state index in [4.69, 9.17) is 5.73 Å². The minimum absolute atomic E-state index is 0.384. The Hall–Kier alpha value is -2.62. The van der Waals surface area contributed by atoms with Gasteiger partial charge in [-0.25, -0.2) is 4.52 Å². The number of nitrogens with zero attached hydrogens (tertiary/aromatic N) is 2. The normalized spacial score (nSPS) is 10.7. The Labute approximate surface area is 104 Å². The second kappa shape index (κ2) is 4.00. The highest BCUT2D eigenvalue weighted by atomic mass is 16.1. The van der Waals surface area contributed by atoms with Gasteiger partial charge in [-0.2, -0.15) is 5.10 Å². The zero-order valence-corrected chi connectivity index (χ0v) is 9.58. The van der Waals surface area contributed by atoms with Gasteiger partial charge in [0.25, 0.3) is 5.91 Å². The molecule has 0 radical (unpaired) electrons. The van der Waals surface area contributed by atoms with Crippen LogP contribution in [-0.4, -0.2) is 15.5 Å². The van der Waals surface area contributed by atoms with E-state index in [-0.39, 0.29) is 0 Å². The van der Waals surface area contributed by atoms with Crippen LogP contribution in [0.15, 0.2) is 54.6 Å². The van der Waals surface area contributed by atoms with Crippen molar-refractivity contribution in [2.75, 3.05) is 0 Å². The van der Waals surface area contributed by atoms with Crippen molar-refractivity contribution in [2.45, 2.75) is 0 Å². The highest BCUT2D eigenvalue weighted by Crippen LogP contribution is 2.20. The summed E-state index contributed by atoms with van der Waals surface area (Å²) in [6.45, 7) is 0. The first-order valence-corrected chi connectivity index (χ1v) is 5.60. The molecular weight excluding hydrogens is 226 g/mol. The number of hydrogen-bond acceptors (Lipinski definition) is 2. The van der Waals surface area contributed by atoms with E-state index in [2.05, 4.69) is 5.10 Å². The van der Waals surface area contributed by atoms with Gasteiger partial charge < -0.3 is 5.73 Å². The topological polar surface area (TPSA) is 60.4 Å². The average molecular weight is 237 g/mol. The van der Waals surface area contributed by atoms with Crippen LogP contribution in [0.4, 0.5) is 0 Å². The van der Waals surface area contributed by atoms with Gasteiger partial charge >= 0.3 is 0 Å². The summed E-state index contributed by atoms with van der Waals surface area (Å²) in [4.78, 5) is 11.3. The van der Waals surface area contributed by atoms with Gasteiger partial charge in [0.2, 0.25) is 0 Å². The molecule has 4 heteroatoms. The molecule has 0 fully saturated rings. The van der Waals surface area contributed by atoms with Crippen LogP contribution in [-0.2, 0) is 0 Å². The fraction of sp³-hybridized carbons (Fsp3) is 0. The highest BCUT2D eigenvalue weighted by molar-refractivity contribution is 5.92. The molecule has 0 saturated heterocycles. The van der Waals surface area contributed by atoms with Crippen LogP contribution in [0.3, 0.4) is 0 Å². The first-order valence-electron chi connectivity index (χ1n) is 5.60. The molecule has 18 heavy (non-hydrogen) atoms. The number of rotatable bonds is 2. The Morgan fingerprint density at radius 1 is 1.06 bits per heavy atom. The number of primary amides is 1.